The fraction of sp³-hybridized carbons (Fsp3) is 0.826. The summed E-state index contributed by atoms with van der Waals surface area (Å²) in [4.78, 5) is 14.2. The molecule has 1 aromatic heterocycles. The third-order valence-electron chi connectivity index (χ3n) is 6.17. The highest BCUT2D eigenvalue weighted by Gasteiger charge is 2.20. The fourth-order valence-electron chi connectivity index (χ4n) is 4.06. The van der Waals surface area contributed by atoms with Crippen LogP contribution in [-0.4, -0.2) is 73.1 Å². The average Bonchev–Trinajstić information content (AvgIpc) is 3.22. The Hall–Kier alpha value is -1.18. The lowest BCUT2D eigenvalue weighted by atomic mass is 9.97. The van der Waals surface area contributed by atoms with E-state index in [0.717, 1.165) is 44.5 Å². The summed E-state index contributed by atoms with van der Waals surface area (Å²) in [6.45, 7) is 16.7. The topological polar surface area (TPSA) is 55.8 Å². The molecule has 0 aromatic carbocycles. The highest BCUT2D eigenvalue weighted by molar-refractivity contribution is 7.09. The van der Waals surface area contributed by atoms with Crippen LogP contribution in [0.2, 0.25) is 0 Å². The van der Waals surface area contributed by atoms with Crippen LogP contribution in [0, 0.1) is 5.92 Å². The van der Waals surface area contributed by atoms with Crippen molar-refractivity contribution in [3.63, 3.8) is 0 Å². The van der Waals surface area contributed by atoms with Crippen LogP contribution in [0.25, 0.3) is 0 Å². The van der Waals surface area contributed by atoms with E-state index >= 15 is 0 Å². The van der Waals surface area contributed by atoms with Gasteiger partial charge < -0.3 is 15.5 Å². The van der Waals surface area contributed by atoms with Gasteiger partial charge in [-0.05, 0) is 77.7 Å². The monoisotopic (exact) mass is 436 g/mol. The Bertz CT molecular complexity index is 605. The molecule has 0 bridgehead atoms. The molecule has 1 saturated heterocycles. The zero-order valence-corrected chi connectivity index (χ0v) is 20.7. The lowest BCUT2D eigenvalue weighted by molar-refractivity contribution is 0.176. The van der Waals surface area contributed by atoms with E-state index in [1.165, 1.54) is 56.0 Å². The first-order chi connectivity index (χ1) is 14.6. The molecule has 0 aliphatic carbocycles. The Morgan fingerprint density at radius 1 is 1.30 bits per heavy atom. The highest BCUT2D eigenvalue weighted by Crippen LogP contribution is 2.19. The van der Waals surface area contributed by atoms with E-state index in [1.54, 1.807) is 11.3 Å². The summed E-state index contributed by atoms with van der Waals surface area (Å²) in [5, 5.41) is 10.6. The van der Waals surface area contributed by atoms with Gasteiger partial charge in [0.05, 0.1) is 10.7 Å². The first-order valence-electron chi connectivity index (χ1n) is 11.9. The molecule has 172 valence electrons. The first kappa shape index (κ1) is 25.1. The Morgan fingerprint density at radius 2 is 2.03 bits per heavy atom. The minimum atomic E-state index is 0.444. The summed E-state index contributed by atoms with van der Waals surface area (Å²) in [5.74, 6) is 1.67. The molecule has 0 amide bonds. The molecule has 2 N–H and O–H groups in total. The van der Waals surface area contributed by atoms with Crippen molar-refractivity contribution in [2.45, 2.75) is 72.4 Å². The predicted octanol–water partition coefficient (Wildman–Crippen LogP) is 3.59. The van der Waals surface area contributed by atoms with E-state index in [0.29, 0.717) is 6.04 Å². The maximum absolute atomic E-state index is 4.72. The number of guanidine groups is 1. The van der Waals surface area contributed by atoms with Gasteiger partial charge in [0.25, 0.3) is 0 Å². The van der Waals surface area contributed by atoms with Gasteiger partial charge >= 0.3 is 0 Å². The second-order valence-corrected chi connectivity index (χ2v) is 9.42. The number of nitrogens with one attached hydrogen (secondary N) is 2. The average molecular weight is 437 g/mol. The number of rotatable bonds is 12. The minimum absolute atomic E-state index is 0.444. The molecule has 6 nitrogen and oxygen atoms in total. The number of hydrogen-bond donors (Lipinski definition) is 2. The maximum atomic E-state index is 4.72. The van der Waals surface area contributed by atoms with E-state index < -0.39 is 0 Å². The lowest BCUT2D eigenvalue weighted by Crippen LogP contribution is -2.45. The lowest BCUT2D eigenvalue weighted by Gasteiger charge is -2.32. The van der Waals surface area contributed by atoms with Crippen LogP contribution in [0.3, 0.4) is 0 Å². The van der Waals surface area contributed by atoms with E-state index in [9.17, 15) is 0 Å². The van der Waals surface area contributed by atoms with Crippen molar-refractivity contribution in [2.24, 2.45) is 10.9 Å². The standard InChI is InChI=1S/C23H44N6S/c1-6-22-27-21(18-30-22)17-29-14-11-20(12-15-29)16-25-23(24-5)26-19(4)10-9-13-28(7-2)8-3/h18-20H,6-17H2,1-5H3,(H2,24,25,26). The Kier molecular flexibility index (Phi) is 11.7. The van der Waals surface area contributed by atoms with Crippen LogP contribution >= 0.6 is 11.3 Å². The summed E-state index contributed by atoms with van der Waals surface area (Å²) in [7, 11) is 1.87. The van der Waals surface area contributed by atoms with Crippen LogP contribution in [-0.2, 0) is 13.0 Å². The molecule has 1 fully saturated rings. The van der Waals surface area contributed by atoms with Crippen molar-refractivity contribution in [3.8, 4) is 0 Å². The van der Waals surface area contributed by atoms with E-state index in [-0.39, 0.29) is 0 Å². The molecule has 0 saturated carbocycles. The largest absolute Gasteiger partial charge is 0.356 e. The molecule has 2 rings (SSSR count). The van der Waals surface area contributed by atoms with Gasteiger partial charge in [0.2, 0.25) is 0 Å². The van der Waals surface area contributed by atoms with E-state index in [4.69, 9.17) is 4.98 Å². The number of aryl methyl sites for hydroxylation is 1. The number of hydrogen-bond acceptors (Lipinski definition) is 5. The second-order valence-electron chi connectivity index (χ2n) is 8.47. The summed E-state index contributed by atoms with van der Waals surface area (Å²) in [6.07, 6.45) is 5.93. The van der Waals surface area contributed by atoms with Crippen LogP contribution in [0.4, 0.5) is 0 Å². The van der Waals surface area contributed by atoms with Crippen molar-refractivity contribution in [1.29, 1.82) is 0 Å². The van der Waals surface area contributed by atoms with Gasteiger partial charge in [0.1, 0.15) is 0 Å². The normalized spacial score (nSPS) is 17.5. The molecule has 1 unspecified atom stereocenters. The number of nitrogens with zero attached hydrogens (tertiary/aromatic N) is 4. The zero-order valence-electron chi connectivity index (χ0n) is 19.9. The third kappa shape index (κ3) is 8.90. The van der Waals surface area contributed by atoms with E-state index in [1.807, 2.05) is 7.05 Å². The van der Waals surface area contributed by atoms with Gasteiger partial charge in [-0.15, -0.1) is 11.3 Å². The van der Waals surface area contributed by atoms with Crippen LogP contribution in [0.5, 0.6) is 0 Å². The van der Waals surface area contributed by atoms with Gasteiger partial charge in [-0.25, -0.2) is 4.98 Å². The summed E-state index contributed by atoms with van der Waals surface area (Å²) in [6, 6.07) is 0.444. The van der Waals surface area contributed by atoms with Crippen molar-refractivity contribution in [2.75, 3.05) is 46.3 Å². The number of thiazole rings is 1. The molecule has 1 aliphatic rings. The minimum Gasteiger partial charge on any atom is -0.356 e. The van der Waals surface area contributed by atoms with Gasteiger partial charge in [-0.3, -0.25) is 9.89 Å². The van der Waals surface area contributed by atoms with Crippen molar-refractivity contribution in [3.05, 3.63) is 16.1 Å². The van der Waals surface area contributed by atoms with Crippen molar-refractivity contribution in [1.82, 2.24) is 25.4 Å². The SMILES string of the molecule is CCc1nc(CN2CCC(CNC(=NC)NC(C)CCCN(CC)CC)CC2)cs1. The molecule has 1 atom stereocenters. The predicted molar refractivity (Wildman–Crippen MR) is 130 cm³/mol. The number of aromatic nitrogens is 1. The Morgan fingerprint density at radius 3 is 2.63 bits per heavy atom. The highest BCUT2D eigenvalue weighted by atomic mass is 32.1. The van der Waals surface area contributed by atoms with Gasteiger partial charge in [-0.2, -0.15) is 0 Å². The fourth-order valence-corrected chi connectivity index (χ4v) is 4.80. The summed E-state index contributed by atoms with van der Waals surface area (Å²) in [5.41, 5.74) is 1.24. The number of likely N-dealkylation sites (tertiary alicyclic amines) is 1. The maximum Gasteiger partial charge on any atom is 0.191 e. The quantitative estimate of drug-likeness (QED) is 0.387. The molecule has 2 heterocycles. The molecular weight excluding hydrogens is 392 g/mol. The smallest absolute Gasteiger partial charge is 0.191 e. The second kappa shape index (κ2) is 14.0. The molecule has 0 spiro atoms. The number of piperidine rings is 1. The molecule has 7 heteroatoms. The Balaban J connectivity index is 1.62. The van der Waals surface area contributed by atoms with Crippen molar-refractivity contribution < 1.29 is 0 Å². The Labute approximate surface area is 188 Å². The number of aliphatic imine (C=N–C) groups is 1. The van der Waals surface area contributed by atoms with Crippen LogP contribution < -0.4 is 10.6 Å². The third-order valence-corrected chi connectivity index (χ3v) is 7.21. The van der Waals surface area contributed by atoms with Crippen LogP contribution in [0.15, 0.2) is 10.4 Å². The molecule has 1 aliphatic heterocycles. The van der Waals surface area contributed by atoms with Gasteiger partial charge in [0.15, 0.2) is 5.96 Å². The molecule has 1 aromatic rings. The zero-order chi connectivity index (χ0) is 21.8. The summed E-state index contributed by atoms with van der Waals surface area (Å²) < 4.78 is 0. The first-order valence-corrected chi connectivity index (χ1v) is 12.8. The van der Waals surface area contributed by atoms with Crippen LogP contribution in [0.1, 0.15) is 64.1 Å². The molecule has 30 heavy (non-hydrogen) atoms. The molecular formula is C23H44N6S. The van der Waals surface area contributed by atoms with Crippen molar-refractivity contribution >= 4 is 17.3 Å². The molecule has 0 radical (unpaired) electrons. The summed E-state index contributed by atoms with van der Waals surface area (Å²) >= 11 is 1.80. The van der Waals surface area contributed by atoms with Gasteiger partial charge in [0, 0.05) is 31.6 Å². The van der Waals surface area contributed by atoms with E-state index in [2.05, 4.69) is 58.5 Å². The van der Waals surface area contributed by atoms with Gasteiger partial charge in [-0.1, -0.05) is 20.8 Å².